The maximum atomic E-state index is 14.8. The maximum Gasteiger partial charge on any atom is 0.418 e. The second-order valence-electron chi connectivity index (χ2n) is 7.71. The van der Waals surface area contributed by atoms with Crippen LogP contribution in [-0.2, 0) is 20.6 Å². The third kappa shape index (κ3) is 3.36. The molecule has 3 atom stereocenters. The van der Waals surface area contributed by atoms with Crippen LogP contribution in [-0.4, -0.2) is 17.9 Å². The number of fused-ring (bicyclic) bond motifs is 1. The fraction of sp³-hybridized carbons (Fsp3) is 0.167. The molecule has 0 unspecified atom stereocenters. The fourth-order valence-electron chi connectivity index (χ4n) is 4.39. The molecule has 0 N–H and O–H groups in total. The average Bonchev–Trinajstić information content (AvgIpc) is 3.30. The van der Waals surface area contributed by atoms with Crippen LogP contribution >= 0.6 is 0 Å². The Morgan fingerprint density at radius 2 is 1.42 bits per heavy atom. The minimum Gasteiger partial charge on any atom is -0.273 e. The zero-order valence-corrected chi connectivity index (χ0v) is 16.9. The van der Waals surface area contributed by atoms with Crippen LogP contribution in [0, 0.1) is 11.7 Å². The second-order valence-corrected chi connectivity index (χ2v) is 7.71. The molecule has 2 amide bonds. The molecular weight excluding hydrogens is 440 g/mol. The van der Waals surface area contributed by atoms with Gasteiger partial charge in [-0.25, -0.2) is 14.4 Å². The molecule has 5 nitrogen and oxygen atoms in total. The van der Waals surface area contributed by atoms with Crippen LogP contribution in [0.25, 0.3) is 0 Å². The van der Waals surface area contributed by atoms with E-state index in [9.17, 15) is 27.2 Å². The highest BCUT2D eigenvalue weighted by Crippen LogP contribution is 2.49. The van der Waals surface area contributed by atoms with Gasteiger partial charge in [-0.1, -0.05) is 48.5 Å². The normalized spacial score (nSPS) is 22.7. The van der Waals surface area contributed by atoms with Crippen LogP contribution in [0.1, 0.15) is 17.2 Å². The molecule has 2 heterocycles. The molecule has 0 spiro atoms. The van der Waals surface area contributed by atoms with Crippen molar-refractivity contribution in [3.63, 3.8) is 0 Å². The van der Waals surface area contributed by atoms with Gasteiger partial charge in [0.05, 0.1) is 23.0 Å². The smallest absolute Gasteiger partial charge is 0.273 e. The standard InChI is InChI=1S/C24H16F4N2O3/c25-17-12-6-4-10-15(17)20-19-21(33-30(20)14-8-2-1-3-9-14)23(32)29(22(19)31)18-13-7-5-11-16(18)24(26,27)28/h1-13,19-21H/t19-,20+,21+/m0/s1. The van der Waals surface area contributed by atoms with Crippen molar-refractivity contribution in [1.29, 1.82) is 0 Å². The lowest BCUT2D eigenvalue weighted by Crippen LogP contribution is -2.38. The van der Waals surface area contributed by atoms with E-state index in [0.717, 1.165) is 12.1 Å². The molecule has 0 saturated carbocycles. The number of hydroxylamine groups is 1. The summed E-state index contributed by atoms with van der Waals surface area (Å²) in [5.41, 5.74) is -1.12. The van der Waals surface area contributed by atoms with E-state index in [-0.39, 0.29) is 5.56 Å². The summed E-state index contributed by atoms with van der Waals surface area (Å²) in [4.78, 5) is 33.0. The van der Waals surface area contributed by atoms with Gasteiger partial charge in [-0.15, -0.1) is 0 Å². The van der Waals surface area contributed by atoms with Gasteiger partial charge in [0.25, 0.3) is 5.91 Å². The second kappa shape index (κ2) is 7.70. The number of imide groups is 1. The molecule has 9 heteroatoms. The van der Waals surface area contributed by atoms with Gasteiger partial charge < -0.3 is 0 Å². The Hall–Kier alpha value is -3.72. The Morgan fingerprint density at radius 1 is 0.788 bits per heavy atom. The lowest BCUT2D eigenvalue weighted by atomic mass is 9.90. The van der Waals surface area contributed by atoms with Crippen molar-refractivity contribution in [2.75, 3.05) is 9.96 Å². The quantitative estimate of drug-likeness (QED) is 0.416. The molecular formula is C24H16F4N2O3. The zero-order chi connectivity index (χ0) is 23.3. The summed E-state index contributed by atoms with van der Waals surface area (Å²) in [6, 6.07) is 17.5. The first kappa shape index (κ1) is 21.1. The van der Waals surface area contributed by atoms with Crippen LogP contribution < -0.4 is 9.96 Å². The lowest BCUT2D eigenvalue weighted by Gasteiger charge is -2.29. The topological polar surface area (TPSA) is 49.9 Å². The largest absolute Gasteiger partial charge is 0.418 e. The number of carbonyl (C=O) groups is 2. The monoisotopic (exact) mass is 456 g/mol. The number of alkyl halides is 3. The highest BCUT2D eigenvalue weighted by atomic mass is 19.4. The van der Waals surface area contributed by atoms with E-state index in [0.29, 0.717) is 10.6 Å². The van der Waals surface area contributed by atoms with Crippen molar-refractivity contribution < 1.29 is 32.0 Å². The first-order chi connectivity index (χ1) is 15.8. The van der Waals surface area contributed by atoms with Gasteiger partial charge in [0.1, 0.15) is 11.7 Å². The van der Waals surface area contributed by atoms with Crippen molar-refractivity contribution in [3.8, 4) is 0 Å². The Balaban J connectivity index is 1.62. The summed E-state index contributed by atoms with van der Waals surface area (Å²) in [5.74, 6) is -3.67. The van der Waals surface area contributed by atoms with Crippen molar-refractivity contribution >= 4 is 23.2 Å². The molecule has 2 aliphatic heterocycles. The van der Waals surface area contributed by atoms with Crippen molar-refractivity contribution in [1.82, 2.24) is 0 Å². The molecule has 0 aliphatic carbocycles. The average molecular weight is 456 g/mol. The number of anilines is 2. The van der Waals surface area contributed by atoms with Gasteiger partial charge in [0.15, 0.2) is 6.10 Å². The number of hydrogen-bond donors (Lipinski definition) is 0. The lowest BCUT2D eigenvalue weighted by molar-refractivity contribution is -0.137. The predicted octanol–water partition coefficient (Wildman–Crippen LogP) is 4.90. The van der Waals surface area contributed by atoms with Crippen LogP contribution in [0.15, 0.2) is 78.9 Å². The van der Waals surface area contributed by atoms with Gasteiger partial charge in [-0.05, 0) is 30.3 Å². The third-order valence-corrected chi connectivity index (χ3v) is 5.80. The molecule has 33 heavy (non-hydrogen) atoms. The molecule has 3 aromatic carbocycles. The summed E-state index contributed by atoms with van der Waals surface area (Å²) in [7, 11) is 0. The van der Waals surface area contributed by atoms with Crippen LogP contribution in [0.3, 0.4) is 0 Å². The third-order valence-electron chi connectivity index (χ3n) is 5.80. The molecule has 0 bridgehead atoms. The number of benzene rings is 3. The van der Waals surface area contributed by atoms with Crippen LogP contribution in [0.4, 0.5) is 28.9 Å². The van der Waals surface area contributed by atoms with E-state index in [1.165, 1.54) is 35.4 Å². The zero-order valence-electron chi connectivity index (χ0n) is 16.9. The Morgan fingerprint density at radius 3 is 2.12 bits per heavy atom. The number of amides is 2. The highest BCUT2D eigenvalue weighted by Gasteiger charge is 2.61. The summed E-state index contributed by atoms with van der Waals surface area (Å²) >= 11 is 0. The fourth-order valence-corrected chi connectivity index (χ4v) is 4.39. The summed E-state index contributed by atoms with van der Waals surface area (Å²) in [6.07, 6.45) is -6.18. The van der Waals surface area contributed by atoms with Crippen LogP contribution in [0.2, 0.25) is 0 Å². The first-order valence-electron chi connectivity index (χ1n) is 10.1. The minimum atomic E-state index is -4.78. The molecule has 3 aromatic rings. The minimum absolute atomic E-state index is 0.0981. The molecule has 2 fully saturated rings. The highest BCUT2D eigenvalue weighted by molar-refractivity contribution is 6.24. The van der Waals surface area contributed by atoms with Crippen molar-refractivity contribution in [2.24, 2.45) is 5.92 Å². The number of halogens is 4. The van der Waals surface area contributed by atoms with Gasteiger partial charge in [0.2, 0.25) is 5.91 Å². The predicted molar refractivity (Wildman–Crippen MR) is 110 cm³/mol. The van der Waals surface area contributed by atoms with E-state index >= 15 is 0 Å². The van der Waals surface area contributed by atoms with E-state index in [1.54, 1.807) is 36.4 Å². The number of para-hydroxylation sites is 2. The first-order valence-corrected chi connectivity index (χ1v) is 10.1. The van der Waals surface area contributed by atoms with E-state index in [1.807, 2.05) is 0 Å². The van der Waals surface area contributed by atoms with Crippen molar-refractivity contribution in [3.05, 3.63) is 95.8 Å². The molecule has 2 aliphatic rings. The van der Waals surface area contributed by atoms with Crippen LogP contribution in [0.5, 0.6) is 0 Å². The summed E-state index contributed by atoms with van der Waals surface area (Å²) in [5, 5.41) is 1.29. The Bertz CT molecular complexity index is 1230. The van der Waals surface area contributed by atoms with Gasteiger partial charge in [-0.2, -0.15) is 13.2 Å². The number of carbonyl (C=O) groups excluding carboxylic acids is 2. The Kier molecular flexibility index (Phi) is 4.93. The molecule has 0 radical (unpaired) electrons. The van der Waals surface area contributed by atoms with E-state index in [2.05, 4.69) is 0 Å². The number of hydrogen-bond acceptors (Lipinski definition) is 4. The molecule has 168 valence electrons. The van der Waals surface area contributed by atoms with E-state index < -0.39 is 53.1 Å². The number of rotatable bonds is 3. The van der Waals surface area contributed by atoms with Gasteiger partial charge >= 0.3 is 6.18 Å². The Labute approximate surface area is 185 Å². The summed E-state index contributed by atoms with van der Waals surface area (Å²) in [6.45, 7) is 0. The SMILES string of the molecule is O=C1[C@H]2[C@@H](c3ccccc3F)N(c3ccccc3)O[C@H]2C(=O)N1c1ccccc1C(F)(F)F. The molecule has 0 aromatic heterocycles. The molecule has 5 rings (SSSR count). The van der Waals surface area contributed by atoms with Gasteiger partial charge in [-0.3, -0.25) is 14.4 Å². The van der Waals surface area contributed by atoms with Gasteiger partial charge in [0, 0.05) is 5.56 Å². The van der Waals surface area contributed by atoms with E-state index in [4.69, 9.17) is 4.84 Å². The number of nitrogens with zero attached hydrogens (tertiary/aromatic N) is 2. The maximum absolute atomic E-state index is 14.8. The van der Waals surface area contributed by atoms with Crippen molar-refractivity contribution in [2.45, 2.75) is 18.3 Å². The summed E-state index contributed by atoms with van der Waals surface area (Å²) < 4.78 is 55.6. The molecule has 2 saturated heterocycles.